The van der Waals surface area contributed by atoms with Crippen molar-refractivity contribution in [3.05, 3.63) is 0 Å². The van der Waals surface area contributed by atoms with Gasteiger partial charge in [0.1, 0.15) is 6.61 Å². The molecule has 2 amide bonds. The van der Waals surface area contributed by atoms with E-state index in [1.165, 1.54) is 4.90 Å². The molecule has 0 aromatic rings. The summed E-state index contributed by atoms with van der Waals surface area (Å²) in [6.45, 7) is 11.6. The van der Waals surface area contributed by atoms with Crippen LogP contribution in [0.3, 0.4) is 0 Å². The number of rotatable bonds is 7. The first-order chi connectivity index (χ1) is 10.3. The first-order valence-corrected chi connectivity index (χ1v) is 8.06. The molecule has 1 saturated heterocycles. The Kier molecular flexibility index (Phi) is 4.82. The third-order valence-electron chi connectivity index (χ3n) is 5.05. The van der Waals surface area contributed by atoms with Gasteiger partial charge in [-0.2, -0.15) is 0 Å². The quantitative estimate of drug-likeness (QED) is 0.675. The van der Waals surface area contributed by atoms with Gasteiger partial charge in [0.05, 0.1) is 6.54 Å². The van der Waals surface area contributed by atoms with Gasteiger partial charge in [-0.3, -0.25) is 4.79 Å². The van der Waals surface area contributed by atoms with E-state index in [4.69, 9.17) is 14.2 Å². The average Bonchev–Trinajstić information content (AvgIpc) is 3.01. The minimum atomic E-state index is -0.576. The van der Waals surface area contributed by atoms with Crippen molar-refractivity contribution in [2.75, 3.05) is 26.4 Å². The van der Waals surface area contributed by atoms with Gasteiger partial charge in [0, 0.05) is 31.5 Å². The van der Waals surface area contributed by atoms with Crippen LogP contribution in [0.4, 0.5) is 4.79 Å². The molecule has 0 aromatic carbocycles. The van der Waals surface area contributed by atoms with Crippen molar-refractivity contribution in [2.24, 2.45) is 17.3 Å². The zero-order valence-corrected chi connectivity index (χ0v) is 14.2. The number of hydrogen-bond donors (Lipinski definition) is 0. The number of nitrogens with zero attached hydrogens (tertiary/aromatic N) is 1. The van der Waals surface area contributed by atoms with E-state index in [-0.39, 0.29) is 29.8 Å². The maximum Gasteiger partial charge on any atom is 0.416 e. The van der Waals surface area contributed by atoms with E-state index in [1.54, 1.807) is 0 Å². The van der Waals surface area contributed by atoms with Crippen LogP contribution in [-0.4, -0.2) is 49.1 Å². The van der Waals surface area contributed by atoms with Gasteiger partial charge in [0.15, 0.2) is 5.79 Å². The van der Waals surface area contributed by atoms with Crippen molar-refractivity contribution in [1.82, 2.24) is 4.90 Å². The van der Waals surface area contributed by atoms with Gasteiger partial charge in [-0.05, 0) is 19.3 Å². The molecule has 126 valence electrons. The molecule has 2 atom stereocenters. The molecule has 0 bridgehead atoms. The van der Waals surface area contributed by atoms with Crippen LogP contribution < -0.4 is 0 Å². The second-order valence-electron chi connectivity index (χ2n) is 6.58. The zero-order chi connectivity index (χ0) is 16.5. The summed E-state index contributed by atoms with van der Waals surface area (Å²) < 4.78 is 16.5. The molecule has 1 saturated carbocycles. The van der Waals surface area contributed by atoms with Crippen molar-refractivity contribution >= 4 is 12.0 Å². The van der Waals surface area contributed by atoms with Crippen LogP contribution in [0.25, 0.3) is 0 Å². The molecule has 0 N–H and O–H groups in total. The molecule has 1 aliphatic carbocycles. The first kappa shape index (κ1) is 17.2. The van der Waals surface area contributed by atoms with E-state index in [2.05, 4.69) is 0 Å². The summed E-state index contributed by atoms with van der Waals surface area (Å²) in [4.78, 5) is 25.4. The molecular formula is C16H27NO5. The van der Waals surface area contributed by atoms with Gasteiger partial charge in [-0.15, -0.1) is 0 Å². The fraction of sp³-hybridized carbons (Fsp3) is 0.875. The second kappa shape index (κ2) is 6.16. The van der Waals surface area contributed by atoms with Crippen LogP contribution >= 0.6 is 0 Å². The lowest BCUT2D eigenvalue weighted by atomic mass is 9.74. The molecule has 6 heteroatoms. The summed E-state index contributed by atoms with van der Waals surface area (Å²) in [5.41, 5.74) is -0.329. The number of imide groups is 1. The summed E-state index contributed by atoms with van der Waals surface area (Å²) >= 11 is 0. The van der Waals surface area contributed by atoms with Crippen molar-refractivity contribution < 1.29 is 23.8 Å². The van der Waals surface area contributed by atoms with Gasteiger partial charge in [-0.25, -0.2) is 9.69 Å². The Morgan fingerprint density at radius 3 is 2.45 bits per heavy atom. The van der Waals surface area contributed by atoms with Crippen LogP contribution in [0, 0.1) is 17.3 Å². The van der Waals surface area contributed by atoms with E-state index in [0.717, 1.165) is 6.42 Å². The average molecular weight is 313 g/mol. The SMILES string of the molecule is CCOC1(OCC)CC1C(C)(C)C(C)C(=O)N1CCOC1=O. The molecule has 2 rings (SSSR count). The lowest BCUT2D eigenvalue weighted by Crippen LogP contribution is -2.43. The van der Waals surface area contributed by atoms with Gasteiger partial charge in [0.2, 0.25) is 5.91 Å². The number of ether oxygens (including phenoxy) is 3. The molecule has 2 fully saturated rings. The molecule has 1 heterocycles. The summed E-state index contributed by atoms with van der Waals surface area (Å²) in [5, 5.41) is 0. The highest BCUT2D eigenvalue weighted by molar-refractivity contribution is 5.94. The largest absolute Gasteiger partial charge is 0.447 e. The highest BCUT2D eigenvalue weighted by Gasteiger charge is 2.65. The Labute approximate surface area is 132 Å². The van der Waals surface area contributed by atoms with E-state index >= 15 is 0 Å². The molecule has 2 unspecified atom stereocenters. The number of carbonyl (C=O) groups excluding carboxylic acids is 2. The number of amides is 2. The van der Waals surface area contributed by atoms with Gasteiger partial charge < -0.3 is 14.2 Å². The van der Waals surface area contributed by atoms with E-state index in [0.29, 0.717) is 19.8 Å². The normalized spacial score (nSPS) is 25.0. The van der Waals surface area contributed by atoms with Crippen LogP contribution in [0.15, 0.2) is 0 Å². The lowest BCUT2D eigenvalue weighted by Gasteiger charge is -2.34. The van der Waals surface area contributed by atoms with Crippen LogP contribution in [-0.2, 0) is 19.0 Å². The maximum atomic E-state index is 12.6. The van der Waals surface area contributed by atoms with Crippen molar-refractivity contribution in [1.29, 1.82) is 0 Å². The second-order valence-corrected chi connectivity index (χ2v) is 6.58. The lowest BCUT2D eigenvalue weighted by molar-refractivity contribution is -0.183. The summed E-state index contributed by atoms with van der Waals surface area (Å²) in [6.07, 6.45) is 0.244. The number of cyclic esters (lactones) is 1. The monoisotopic (exact) mass is 313 g/mol. The molecule has 0 aromatic heterocycles. The van der Waals surface area contributed by atoms with E-state index in [9.17, 15) is 9.59 Å². The third-order valence-corrected chi connectivity index (χ3v) is 5.05. The Hall–Kier alpha value is -1.14. The minimum absolute atomic E-state index is 0.137. The van der Waals surface area contributed by atoms with Crippen molar-refractivity contribution in [3.63, 3.8) is 0 Å². The fourth-order valence-electron chi connectivity index (χ4n) is 3.35. The Morgan fingerprint density at radius 2 is 2.00 bits per heavy atom. The highest BCUT2D eigenvalue weighted by atomic mass is 16.7. The van der Waals surface area contributed by atoms with Gasteiger partial charge >= 0.3 is 6.09 Å². The van der Waals surface area contributed by atoms with E-state index in [1.807, 2.05) is 34.6 Å². The summed E-state index contributed by atoms with van der Waals surface area (Å²) in [5.74, 6) is -0.933. The maximum absolute atomic E-state index is 12.6. The number of hydrogen-bond acceptors (Lipinski definition) is 5. The standard InChI is InChI=1S/C16H27NO5/c1-6-21-16(22-7-2)10-12(16)15(4,5)11(3)13(18)17-8-9-20-14(17)19/h11-12H,6-10H2,1-5H3. The third kappa shape index (κ3) is 2.86. The molecule has 2 aliphatic rings. The first-order valence-electron chi connectivity index (χ1n) is 8.06. The van der Waals surface area contributed by atoms with Crippen LogP contribution in [0.2, 0.25) is 0 Å². The molecular weight excluding hydrogens is 286 g/mol. The van der Waals surface area contributed by atoms with Crippen molar-refractivity contribution in [3.8, 4) is 0 Å². The van der Waals surface area contributed by atoms with Crippen LogP contribution in [0.5, 0.6) is 0 Å². The molecule has 0 radical (unpaired) electrons. The minimum Gasteiger partial charge on any atom is -0.447 e. The predicted molar refractivity (Wildman–Crippen MR) is 80.1 cm³/mol. The molecule has 1 aliphatic heterocycles. The Balaban J connectivity index is 2.09. The van der Waals surface area contributed by atoms with Crippen molar-refractivity contribution in [2.45, 2.75) is 46.8 Å². The predicted octanol–water partition coefficient (Wildman–Crippen LogP) is 2.42. The topological polar surface area (TPSA) is 65.1 Å². The van der Waals surface area contributed by atoms with Gasteiger partial charge in [0.25, 0.3) is 0 Å². The summed E-state index contributed by atoms with van der Waals surface area (Å²) in [6, 6.07) is 0. The highest BCUT2D eigenvalue weighted by Crippen LogP contribution is 2.59. The molecule has 0 spiro atoms. The summed E-state index contributed by atoms with van der Waals surface area (Å²) in [7, 11) is 0. The van der Waals surface area contributed by atoms with Crippen LogP contribution in [0.1, 0.15) is 41.0 Å². The Bertz CT molecular complexity index is 442. The molecule has 22 heavy (non-hydrogen) atoms. The molecule has 6 nitrogen and oxygen atoms in total. The Morgan fingerprint density at radius 1 is 1.41 bits per heavy atom. The fourth-order valence-corrected chi connectivity index (χ4v) is 3.35. The zero-order valence-electron chi connectivity index (χ0n) is 14.2. The number of carbonyl (C=O) groups is 2. The smallest absolute Gasteiger partial charge is 0.416 e. The van der Waals surface area contributed by atoms with Gasteiger partial charge in [-0.1, -0.05) is 20.8 Å². The van der Waals surface area contributed by atoms with E-state index < -0.39 is 11.9 Å².